The summed E-state index contributed by atoms with van der Waals surface area (Å²) in [7, 11) is 0. The van der Waals surface area contributed by atoms with E-state index in [0.717, 1.165) is 24.5 Å². The van der Waals surface area contributed by atoms with Gasteiger partial charge in [-0.2, -0.15) is 0 Å². The second kappa shape index (κ2) is 5.03. The van der Waals surface area contributed by atoms with Crippen molar-refractivity contribution < 1.29 is 0 Å². The van der Waals surface area contributed by atoms with Gasteiger partial charge in [-0.3, -0.25) is 4.90 Å². The summed E-state index contributed by atoms with van der Waals surface area (Å²) in [5.74, 6) is 0. The fourth-order valence-electron chi connectivity index (χ4n) is 2.39. The molecule has 0 heterocycles. The molecule has 0 spiro atoms. The van der Waals surface area contributed by atoms with Crippen LogP contribution in [0.15, 0.2) is 30.4 Å². The fourth-order valence-corrected chi connectivity index (χ4v) is 2.57. The molecule has 0 amide bonds. The molecule has 0 aliphatic heterocycles. The molecule has 1 aliphatic rings. The number of allylic oxidation sites excluding steroid dienone is 1. The van der Waals surface area contributed by atoms with E-state index in [1.807, 2.05) is 6.07 Å². The Morgan fingerprint density at radius 1 is 1.31 bits per heavy atom. The van der Waals surface area contributed by atoms with Crippen LogP contribution in [-0.4, -0.2) is 18.0 Å². The zero-order chi connectivity index (χ0) is 11.5. The molecule has 1 unspecified atom stereocenters. The van der Waals surface area contributed by atoms with Crippen molar-refractivity contribution in [3.63, 3.8) is 0 Å². The maximum absolute atomic E-state index is 6.09. The molecule has 16 heavy (non-hydrogen) atoms. The second-order valence-electron chi connectivity index (χ2n) is 4.14. The quantitative estimate of drug-likeness (QED) is 0.720. The summed E-state index contributed by atoms with van der Waals surface area (Å²) in [6.07, 6.45) is 5.59. The largest absolute Gasteiger partial charge is 0.293 e. The summed E-state index contributed by atoms with van der Waals surface area (Å²) in [5, 5.41) is 0.839. The maximum Gasteiger partial charge on any atom is 0.0534 e. The van der Waals surface area contributed by atoms with Crippen molar-refractivity contribution in [1.82, 2.24) is 4.90 Å². The van der Waals surface area contributed by atoms with E-state index >= 15 is 0 Å². The zero-order valence-corrected chi connectivity index (χ0v) is 10.7. The van der Waals surface area contributed by atoms with E-state index in [2.05, 4.69) is 43.0 Å². The Bertz CT molecular complexity index is 394. The van der Waals surface area contributed by atoms with Gasteiger partial charge in [-0.1, -0.05) is 43.7 Å². The highest BCUT2D eigenvalue weighted by Crippen LogP contribution is 2.31. The maximum atomic E-state index is 6.09. The predicted molar refractivity (Wildman–Crippen MR) is 70.0 cm³/mol. The monoisotopic (exact) mass is 235 g/mol. The Labute approximate surface area is 103 Å². The third-order valence-corrected chi connectivity index (χ3v) is 3.52. The highest BCUT2D eigenvalue weighted by atomic mass is 35.5. The number of hydrogen-bond donors (Lipinski definition) is 0. The second-order valence-corrected chi connectivity index (χ2v) is 4.58. The topological polar surface area (TPSA) is 3.24 Å². The molecule has 0 N–H and O–H groups in total. The van der Waals surface area contributed by atoms with Crippen LogP contribution in [0.3, 0.4) is 0 Å². The molecule has 0 saturated carbocycles. The lowest BCUT2D eigenvalue weighted by Gasteiger charge is -2.31. The molecular formula is C14H18ClN. The molecule has 0 bridgehead atoms. The van der Waals surface area contributed by atoms with E-state index < -0.39 is 0 Å². The molecule has 1 nitrogen and oxygen atoms in total. The van der Waals surface area contributed by atoms with Crippen LogP contribution >= 0.6 is 11.6 Å². The summed E-state index contributed by atoms with van der Waals surface area (Å²) in [6, 6.07) is 6.65. The smallest absolute Gasteiger partial charge is 0.0534 e. The lowest BCUT2D eigenvalue weighted by Crippen LogP contribution is -2.29. The number of nitrogens with zero attached hydrogens (tertiary/aromatic N) is 1. The van der Waals surface area contributed by atoms with Crippen LogP contribution in [0.4, 0.5) is 0 Å². The molecule has 1 aromatic carbocycles. The van der Waals surface area contributed by atoms with Gasteiger partial charge < -0.3 is 0 Å². The minimum Gasteiger partial charge on any atom is -0.293 e. The van der Waals surface area contributed by atoms with E-state index in [0.29, 0.717) is 6.04 Å². The Morgan fingerprint density at radius 2 is 2.06 bits per heavy atom. The minimum atomic E-state index is 0.400. The summed E-state index contributed by atoms with van der Waals surface area (Å²) in [6.45, 7) is 6.54. The van der Waals surface area contributed by atoms with Crippen LogP contribution < -0.4 is 0 Å². The average Bonchev–Trinajstić information content (AvgIpc) is 2.31. The average molecular weight is 236 g/mol. The van der Waals surface area contributed by atoms with Crippen LogP contribution in [-0.2, 0) is 6.42 Å². The number of hydrogen-bond acceptors (Lipinski definition) is 1. The number of likely N-dealkylation sites (N-methyl/N-ethyl adjacent to an activating group) is 1. The lowest BCUT2D eigenvalue weighted by molar-refractivity contribution is 0.254. The third-order valence-electron chi connectivity index (χ3n) is 3.29. The van der Waals surface area contributed by atoms with E-state index in [4.69, 9.17) is 11.6 Å². The first kappa shape index (κ1) is 11.7. The van der Waals surface area contributed by atoms with Crippen molar-refractivity contribution >= 4 is 11.6 Å². The molecule has 0 radical (unpaired) electrons. The Kier molecular flexibility index (Phi) is 3.67. The van der Waals surface area contributed by atoms with Crippen LogP contribution in [0.2, 0.25) is 5.02 Å². The SMILES string of the molecule is CCN(CC)C1C=CCc2ccc(Cl)cc21. The van der Waals surface area contributed by atoms with Crippen LogP contribution in [0, 0.1) is 0 Å². The molecular weight excluding hydrogens is 218 g/mol. The molecule has 1 aliphatic carbocycles. The molecule has 2 heteroatoms. The zero-order valence-electron chi connectivity index (χ0n) is 9.91. The number of fused-ring (bicyclic) bond motifs is 1. The van der Waals surface area contributed by atoms with Gasteiger partial charge in [0.2, 0.25) is 0 Å². The Morgan fingerprint density at radius 3 is 2.75 bits per heavy atom. The summed E-state index contributed by atoms with van der Waals surface area (Å²) >= 11 is 6.09. The van der Waals surface area contributed by atoms with Gasteiger partial charge in [-0.05, 0) is 42.8 Å². The Balaban J connectivity index is 2.38. The van der Waals surface area contributed by atoms with Crippen molar-refractivity contribution in [2.24, 2.45) is 0 Å². The number of halogens is 1. The van der Waals surface area contributed by atoms with E-state index in [1.165, 1.54) is 11.1 Å². The molecule has 0 fully saturated rings. The summed E-state index contributed by atoms with van der Waals surface area (Å²) < 4.78 is 0. The standard InChI is InChI=1S/C14H18ClN/c1-3-16(4-2)14-7-5-6-11-8-9-12(15)10-13(11)14/h5,7-10,14H,3-4,6H2,1-2H3. The van der Waals surface area contributed by atoms with Crippen molar-refractivity contribution in [2.75, 3.05) is 13.1 Å². The molecule has 0 aromatic heterocycles. The minimum absolute atomic E-state index is 0.400. The van der Waals surface area contributed by atoms with Gasteiger partial charge in [0.1, 0.15) is 0 Å². The van der Waals surface area contributed by atoms with Crippen molar-refractivity contribution in [2.45, 2.75) is 26.3 Å². The summed E-state index contributed by atoms with van der Waals surface area (Å²) in [4.78, 5) is 2.45. The first-order chi connectivity index (χ1) is 7.76. The third kappa shape index (κ3) is 2.16. The lowest BCUT2D eigenvalue weighted by atomic mass is 9.92. The van der Waals surface area contributed by atoms with E-state index in [9.17, 15) is 0 Å². The van der Waals surface area contributed by atoms with Gasteiger partial charge in [0.05, 0.1) is 6.04 Å². The summed E-state index contributed by atoms with van der Waals surface area (Å²) in [5.41, 5.74) is 2.78. The van der Waals surface area contributed by atoms with Crippen LogP contribution in [0.25, 0.3) is 0 Å². The number of benzene rings is 1. The van der Waals surface area contributed by atoms with Crippen molar-refractivity contribution in [1.29, 1.82) is 0 Å². The first-order valence-corrected chi connectivity index (χ1v) is 6.33. The fraction of sp³-hybridized carbons (Fsp3) is 0.429. The highest BCUT2D eigenvalue weighted by Gasteiger charge is 2.20. The van der Waals surface area contributed by atoms with Crippen LogP contribution in [0.1, 0.15) is 31.0 Å². The molecule has 1 atom stereocenters. The van der Waals surface area contributed by atoms with E-state index in [-0.39, 0.29) is 0 Å². The predicted octanol–water partition coefficient (Wildman–Crippen LogP) is 3.84. The van der Waals surface area contributed by atoms with Gasteiger partial charge in [0.15, 0.2) is 0 Å². The van der Waals surface area contributed by atoms with E-state index in [1.54, 1.807) is 0 Å². The first-order valence-electron chi connectivity index (χ1n) is 5.95. The number of rotatable bonds is 3. The molecule has 2 rings (SSSR count). The van der Waals surface area contributed by atoms with Gasteiger partial charge in [-0.25, -0.2) is 0 Å². The highest BCUT2D eigenvalue weighted by molar-refractivity contribution is 6.30. The normalized spacial score (nSPS) is 18.9. The molecule has 1 aromatic rings. The Hall–Kier alpha value is -0.790. The van der Waals surface area contributed by atoms with Gasteiger partial charge >= 0.3 is 0 Å². The van der Waals surface area contributed by atoms with Crippen molar-refractivity contribution in [3.05, 3.63) is 46.5 Å². The van der Waals surface area contributed by atoms with Crippen molar-refractivity contribution in [3.8, 4) is 0 Å². The van der Waals surface area contributed by atoms with Crippen LogP contribution in [0.5, 0.6) is 0 Å². The van der Waals surface area contributed by atoms with Gasteiger partial charge in [-0.15, -0.1) is 0 Å². The molecule has 86 valence electrons. The van der Waals surface area contributed by atoms with Gasteiger partial charge in [0.25, 0.3) is 0 Å². The van der Waals surface area contributed by atoms with Gasteiger partial charge in [0, 0.05) is 5.02 Å². The molecule has 0 saturated heterocycles.